The van der Waals surface area contributed by atoms with Crippen molar-refractivity contribution in [2.75, 3.05) is 13.1 Å². The maximum atomic E-state index is 13.7. The molecule has 0 aliphatic carbocycles. The highest BCUT2D eigenvalue weighted by atomic mass is 19.2. The summed E-state index contributed by atoms with van der Waals surface area (Å²) in [5, 5.41) is 6.21. The first-order chi connectivity index (χ1) is 12.3. The van der Waals surface area contributed by atoms with Crippen molar-refractivity contribution in [3.8, 4) is 0 Å². The Labute approximate surface area is 152 Å². The fourth-order valence-electron chi connectivity index (χ4n) is 2.28. The third-order valence-corrected chi connectivity index (χ3v) is 3.73. The summed E-state index contributed by atoms with van der Waals surface area (Å²) in [6.07, 6.45) is 2.07. The van der Waals surface area contributed by atoms with Gasteiger partial charge in [0.25, 0.3) is 0 Å². The van der Waals surface area contributed by atoms with Gasteiger partial charge in [0.1, 0.15) is 12.3 Å². The molecule has 0 radical (unpaired) electrons. The molecule has 0 amide bonds. The molecule has 0 atom stereocenters. The Kier molecular flexibility index (Phi) is 6.71. The lowest BCUT2D eigenvalue weighted by Crippen LogP contribution is -2.38. The largest absolute Gasteiger partial charge is 0.443 e. The van der Waals surface area contributed by atoms with Crippen molar-refractivity contribution >= 4 is 5.96 Å². The Balaban J connectivity index is 1.94. The van der Waals surface area contributed by atoms with Crippen LogP contribution in [-0.2, 0) is 18.4 Å². The fraction of sp³-hybridized carbons (Fsp3) is 0.474. The van der Waals surface area contributed by atoms with Crippen LogP contribution in [0.1, 0.15) is 44.9 Å². The highest BCUT2D eigenvalue weighted by Crippen LogP contribution is 2.22. The Morgan fingerprint density at radius 2 is 2.00 bits per heavy atom. The molecule has 5 nitrogen and oxygen atoms in total. The summed E-state index contributed by atoms with van der Waals surface area (Å²) in [5.41, 5.74) is 0.225. The number of benzene rings is 1. The van der Waals surface area contributed by atoms with Gasteiger partial charge in [-0.1, -0.05) is 32.9 Å². The van der Waals surface area contributed by atoms with Gasteiger partial charge in [-0.15, -0.1) is 0 Å². The lowest BCUT2D eigenvalue weighted by atomic mass is 9.94. The molecule has 0 bridgehead atoms. The van der Waals surface area contributed by atoms with Gasteiger partial charge < -0.3 is 15.1 Å². The molecule has 142 valence electrons. The van der Waals surface area contributed by atoms with E-state index in [4.69, 9.17) is 4.42 Å². The van der Waals surface area contributed by atoms with Crippen LogP contribution in [0.3, 0.4) is 0 Å². The monoisotopic (exact) mass is 364 g/mol. The van der Waals surface area contributed by atoms with Crippen LogP contribution in [0.25, 0.3) is 0 Å². The first-order valence-electron chi connectivity index (χ1n) is 8.71. The Bertz CT molecular complexity index is 750. The molecule has 0 saturated carbocycles. The predicted molar refractivity (Wildman–Crippen MR) is 98.1 cm³/mol. The van der Waals surface area contributed by atoms with Crippen LogP contribution in [0.2, 0.25) is 0 Å². The van der Waals surface area contributed by atoms with Crippen LogP contribution in [0.15, 0.2) is 33.8 Å². The number of guanidine groups is 1. The molecule has 0 fully saturated rings. The summed E-state index contributed by atoms with van der Waals surface area (Å²) in [5.74, 6) is 0.276. The number of halogens is 2. The van der Waals surface area contributed by atoms with Crippen molar-refractivity contribution in [1.29, 1.82) is 0 Å². The molecule has 26 heavy (non-hydrogen) atoms. The first kappa shape index (κ1) is 19.9. The first-order valence-corrected chi connectivity index (χ1v) is 8.71. The smallest absolute Gasteiger partial charge is 0.216 e. The molecule has 0 saturated heterocycles. The lowest BCUT2D eigenvalue weighted by molar-refractivity contribution is 0.383. The quantitative estimate of drug-likeness (QED) is 0.608. The van der Waals surface area contributed by atoms with Crippen molar-refractivity contribution in [3.63, 3.8) is 0 Å². The number of nitrogens with zero attached hydrogens (tertiary/aromatic N) is 2. The van der Waals surface area contributed by atoms with E-state index in [0.717, 1.165) is 11.8 Å². The summed E-state index contributed by atoms with van der Waals surface area (Å²) in [7, 11) is 0. The number of aliphatic imine (C=N–C) groups is 1. The van der Waals surface area contributed by atoms with Gasteiger partial charge in [-0.2, -0.15) is 0 Å². The second-order valence-corrected chi connectivity index (χ2v) is 6.95. The summed E-state index contributed by atoms with van der Waals surface area (Å²) >= 11 is 0. The second kappa shape index (κ2) is 8.78. The number of hydrogen-bond donors (Lipinski definition) is 2. The summed E-state index contributed by atoms with van der Waals surface area (Å²) < 4.78 is 32.6. The van der Waals surface area contributed by atoms with E-state index in [0.29, 0.717) is 43.5 Å². The van der Waals surface area contributed by atoms with E-state index in [2.05, 4.69) is 41.4 Å². The molecule has 1 aromatic carbocycles. The zero-order chi connectivity index (χ0) is 19.2. The van der Waals surface area contributed by atoms with Crippen LogP contribution in [0.4, 0.5) is 8.78 Å². The highest BCUT2D eigenvalue weighted by molar-refractivity contribution is 5.79. The molecule has 0 unspecified atom stereocenters. The fourth-order valence-corrected chi connectivity index (χ4v) is 2.28. The average Bonchev–Trinajstić information content (AvgIpc) is 3.06. The SMILES string of the molecule is CCNC(=NCc1ncc(C(C)(C)C)o1)NCCc1cccc(F)c1F. The highest BCUT2D eigenvalue weighted by Gasteiger charge is 2.19. The van der Waals surface area contributed by atoms with Crippen LogP contribution in [0, 0.1) is 11.6 Å². The van der Waals surface area contributed by atoms with Crippen molar-refractivity contribution in [2.45, 2.75) is 46.1 Å². The van der Waals surface area contributed by atoms with Gasteiger partial charge >= 0.3 is 0 Å². The summed E-state index contributed by atoms with van der Waals surface area (Å²) in [4.78, 5) is 8.66. The Hall–Kier alpha value is -2.44. The summed E-state index contributed by atoms with van der Waals surface area (Å²) in [6.45, 7) is 9.50. The molecule has 0 aliphatic rings. The van der Waals surface area contributed by atoms with E-state index in [9.17, 15) is 8.78 Å². The van der Waals surface area contributed by atoms with Crippen LogP contribution >= 0.6 is 0 Å². The standard InChI is InChI=1S/C19H26F2N4O/c1-5-22-18(23-10-9-13-7-6-8-14(20)17(13)21)25-12-16-24-11-15(26-16)19(2,3)4/h6-8,11H,5,9-10,12H2,1-4H3,(H2,22,23,25). The lowest BCUT2D eigenvalue weighted by Gasteiger charge is -2.13. The number of aromatic nitrogens is 1. The average molecular weight is 364 g/mol. The Morgan fingerprint density at radius 1 is 1.23 bits per heavy atom. The normalized spacial score (nSPS) is 12.3. The predicted octanol–water partition coefficient (Wildman–Crippen LogP) is 3.55. The molecular formula is C19H26F2N4O. The molecule has 1 aromatic heterocycles. The number of rotatable bonds is 6. The minimum atomic E-state index is -0.832. The van der Waals surface area contributed by atoms with Gasteiger partial charge in [0.05, 0.1) is 6.20 Å². The van der Waals surface area contributed by atoms with Gasteiger partial charge in [-0.25, -0.2) is 18.8 Å². The van der Waals surface area contributed by atoms with Gasteiger partial charge in [0.2, 0.25) is 5.89 Å². The zero-order valence-corrected chi connectivity index (χ0v) is 15.7. The second-order valence-electron chi connectivity index (χ2n) is 6.95. The molecular weight excluding hydrogens is 338 g/mol. The van der Waals surface area contributed by atoms with Crippen LogP contribution < -0.4 is 10.6 Å². The van der Waals surface area contributed by atoms with Crippen molar-refractivity contribution < 1.29 is 13.2 Å². The van der Waals surface area contributed by atoms with Crippen molar-refractivity contribution in [2.24, 2.45) is 4.99 Å². The maximum Gasteiger partial charge on any atom is 0.216 e. The third-order valence-electron chi connectivity index (χ3n) is 3.73. The molecule has 7 heteroatoms. The number of nitrogens with one attached hydrogen (secondary N) is 2. The van der Waals surface area contributed by atoms with Crippen molar-refractivity contribution in [1.82, 2.24) is 15.6 Å². The zero-order valence-electron chi connectivity index (χ0n) is 15.7. The molecule has 1 heterocycles. The Morgan fingerprint density at radius 3 is 2.65 bits per heavy atom. The van der Waals surface area contributed by atoms with E-state index in [1.807, 2.05) is 6.92 Å². The van der Waals surface area contributed by atoms with Gasteiger partial charge in [-0.3, -0.25) is 0 Å². The topological polar surface area (TPSA) is 62.5 Å². The van der Waals surface area contributed by atoms with Crippen molar-refractivity contribution in [3.05, 3.63) is 53.2 Å². The summed E-state index contributed by atoms with van der Waals surface area (Å²) in [6, 6.07) is 4.19. The number of oxazole rings is 1. The van der Waals surface area contributed by atoms with E-state index >= 15 is 0 Å². The minimum absolute atomic E-state index is 0.104. The van der Waals surface area contributed by atoms with E-state index in [-0.39, 0.29) is 5.41 Å². The maximum absolute atomic E-state index is 13.7. The third kappa shape index (κ3) is 5.54. The van der Waals surface area contributed by atoms with Gasteiger partial charge in [0, 0.05) is 18.5 Å². The molecule has 0 spiro atoms. The van der Waals surface area contributed by atoms with E-state index < -0.39 is 11.6 Å². The molecule has 2 aromatic rings. The van der Waals surface area contributed by atoms with Gasteiger partial charge in [0.15, 0.2) is 17.6 Å². The molecule has 0 aliphatic heterocycles. The number of hydrogen-bond acceptors (Lipinski definition) is 3. The van der Waals surface area contributed by atoms with Gasteiger partial charge in [-0.05, 0) is 25.0 Å². The van der Waals surface area contributed by atoms with E-state index in [1.54, 1.807) is 12.3 Å². The van der Waals surface area contributed by atoms with E-state index in [1.165, 1.54) is 6.07 Å². The van der Waals surface area contributed by atoms with Crippen LogP contribution in [-0.4, -0.2) is 24.0 Å². The van der Waals surface area contributed by atoms with Crippen LogP contribution in [0.5, 0.6) is 0 Å². The molecule has 2 N–H and O–H groups in total. The minimum Gasteiger partial charge on any atom is -0.443 e. The molecule has 2 rings (SSSR count).